The van der Waals surface area contributed by atoms with E-state index in [1.165, 1.54) is 0 Å². The number of hydrogen-bond acceptors (Lipinski definition) is 6. The van der Waals surface area contributed by atoms with Gasteiger partial charge in [-0.3, -0.25) is 19.1 Å². The second-order valence-electron chi connectivity index (χ2n) is 7.51. The highest BCUT2D eigenvalue weighted by Gasteiger charge is 2.16. The molecule has 0 radical (unpaired) electrons. The summed E-state index contributed by atoms with van der Waals surface area (Å²) in [5.74, 6) is 0.614. The monoisotopic (exact) mass is 454 g/mol. The summed E-state index contributed by atoms with van der Waals surface area (Å²) in [7, 11) is 1.57. The van der Waals surface area contributed by atoms with Crippen LogP contribution >= 0.6 is 12.2 Å². The normalized spacial score (nSPS) is 10.8. The second kappa shape index (κ2) is 10.1. The van der Waals surface area contributed by atoms with Gasteiger partial charge < -0.3 is 20.5 Å². The van der Waals surface area contributed by atoms with E-state index in [1.807, 2.05) is 42.5 Å². The van der Waals surface area contributed by atoms with Crippen molar-refractivity contribution in [3.05, 3.63) is 74.8 Å². The number of nitrogens with zero attached hydrogens (tertiary/aromatic N) is 1. The van der Waals surface area contributed by atoms with Crippen LogP contribution in [0.3, 0.4) is 0 Å². The van der Waals surface area contributed by atoms with Gasteiger partial charge in [0.05, 0.1) is 13.7 Å². The van der Waals surface area contributed by atoms with Crippen LogP contribution in [0.2, 0.25) is 0 Å². The number of methoxy groups -OCH3 is 1. The number of nitrogens with one attached hydrogen (secondary N) is 2. The number of benzene rings is 2. The number of carbonyl (C=O) groups is 1. The zero-order valence-corrected chi connectivity index (χ0v) is 19.0. The highest BCUT2D eigenvalue weighted by atomic mass is 32.1. The SMILES string of the molecule is COc1ccc(Cn2c(N)c(NC(=O)C(C)C)c(=O)[nH]c2=S)cc1OCc1ccccc1. The van der Waals surface area contributed by atoms with Crippen molar-refractivity contribution in [1.82, 2.24) is 9.55 Å². The van der Waals surface area contributed by atoms with Crippen molar-refractivity contribution in [2.75, 3.05) is 18.2 Å². The topological polar surface area (TPSA) is 111 Å². The molecule has 168 valence electrons. The van der Waals surface area contributed by atoms with E-state index in [0.717, 1.165) is 11.1 Å². The molecular formula is C23H26N4O4S. The molecule has 0 atom stereocenters. The van der Waals surface area contributed by atoms with Crippen LogP contribution in [0, 0.1) is 10.7 Å². The number of carbonyl (C=O) groups excluding carboxylic acids is 1. The predicted molar refractivity (Wildman–Crippen MR) is 127 cm³/mol. The molecule has 0 unspecified atom stereocenters. The number of aromatic amines is 1. The number of amides is 1. The molecule has 1 heterocycles. The number of aromatic nitrogens is 2. The molecule has 0 bridgehead atoms. The lowest BCUT2D eigenvalue weighted by Crippen LogP contribution is -2.27. The third-order valence-electron chi connectivity index (χ3n) is 4.82. The first-order valence-electron chi connectivity index (χ1n) is 10.1. The molecule has 3 rings (SSSR count). The molecule has 0 aliphatic carbocycles. The number of rotatable bonds is 8. The first-order chi connectivity index (χ1) is 15.3. The van der Waals surface area contributed by atoms with E-state index in [0.29, 0.717) is 18.1 Å². The van der Waals surface area contributed by atoms with Crippen molar-refractivity contribution >= 4 is 29.6 Å². The molecule has 0 aliphatic heterocycles. The summed E-state index contributed by atoms with van der Waals surface area (Å²) in [6.07, 6.45) is 0. The van der Waals surface area contributed by atoms with Crippen molar-refractivity contribution < 1.29 is 14.3 Å². The van der Waals surface area contributed by atoms with Crippen LogP contribution in [0.4, 0.5) is 11.5 Å². The van der Waals surface area contributed by atoms with Gasteiger partial charge in [0.2, 0.25) is 5.91 Å². The average molecular weight is 455 g/mol. The van der Waals surface area contributed by atoms with Crippen LogP contribution < -0.4 is 26.1 Å². The van der Waals surface area contributed by atoms with E-state index in [1.54, 1.807) is 31.6 Å². The van der Waals surface area contributed by atoms with Crippen molar-refractivity contribution in [3.63, 3.8) is 0 Å². The van der Waals surface area contributed by atoms with E-state index in [2.05, 4.69) is 10.3 Å². The largest absolute Gasteiger partial charge is 0.493 e. The van der Waals surface area contributed by atoms with Gasteiger partial charge in [-0.05, 0) is 35.5 Å². The Labute approximate surface area is 191 Å². The Morgan fingerprint density at radius 2 is 1.88 bits per heavy atom. The van der Waals surface area contributed by atoms with Gasteiger partial charge in [-0.15, -0.1) is 0 Å². The lowest BCUT2D eigenvalue weighted by Gasteiger charge is -2.17. The number of nitrogen functional groups attached to an aromatic ring is 1. The van der Waals surface area contributed by atoms with E-state index >= 15 is 0 Å². The summed E-state index contributed by atoms with van der Waals surface area (Å²) in [6, 6.07) is 15.3. The van der Waals surface area contributed by atoms with Gasteiger partial charge >= 0.3 is 0 Å². The van der Waals surface area contributed by atoms with Crippen LogP contribution in [0.15, 0.2) is 53.3 Å². The molecule has 2 aromatic carbocycles. The molecule has 32 heavy (non-hydrogen) atoms. The summed E-state index contributed by atoms with van der Waals surface area (Å²) in [6.45, 7) is 4.09. The maximum Gasteiger partial charge on any atom is 0.277 e. The van der Waals surface area contributed by atoms with Gasteiger partial charge in [0.15, 0.2) is 16.3 Å². The smallest absolute Gasteiger partial charge is 0.277 e. The van der Waals surface area contributed by atoms with Crippen molar-refractivity contribution in [3.8, 4) is 11.5 Å². The van der Waals surface area contributed by atoms with E-state index < -0.39 is 5.56 Å². The van der Waals surface area contributed by atoms with Crippen molar-refractivity contribution in [1.29, 1.82) is 0 Å². The minimum absolute atomic E-state index is 0.0219. The Kier molecular flexibility index (Phi) is 7.32. The number of anilines is 2. The summed E-state index contributed by atoms with van der Waals surface area (Å²) in [4.78, 5) is 27.0. The van der Waals surface area contributed by atoms with Gasteiger partial charge in [-0.1, -0.05) is 50.2 Å². The molecule has 0 aliphatic rings. The number of hydrogen-bond donors (Lipinski definition) is 3. The standard InChI is InChI=1S/C23H26N4O4S/c1-14(2)21(28)25-19-20(24)27(23(32)26-22(19)29)12-16-9-10-17(30-3)18(11-16)31-13-15-7-5-4-6-8-15/h4-11,14H,12-13,24H2,1-3H3,(H,25,28)(H,26,29,32). The van der Waals surface area contributed by atoms with Crippen LogP contribution in [-0.2, 0) is 17.9 Å². The van der Waals surface area contributed by atoms with Crippen molar-refractivity contribution in [2.45, 2.75) is 27.0 Å². The Balaban J connectivity index is 1.90. The van der Waals surface area contributed by atoms with Crippen molar-refractivity contribution in [2.24, 2.45) is 5.92 Å². The van der Waals surface area contributed by atoms with E-state index in [-0.39, 0.29) is 34.6 Å². The Bertz CT molecular complexity index is 1220. The van der Waals surface area contributed by atoms with Gasteiger partial charge in [0, 0.05) is 5.92 Å². The molecular weight excluding hydrogens is 428 g/mol. The second-order valence-corrected chi connectivity index (χ2v) is 7.90. The molecule has 8 nitrogen and oxygen atoms in total. The minimum Gasteiger partial charge on any atom is -0.493 e. The molecule has 4 N–H and O–H groups in total. The fourth-order valence-corrected chi connectivity index (χ4v) is 3.24. The Morgan fingerprint density at radius 3 is 2.53 bits per heavy atom. The fourth-order valence-electron chi connectivity index (χ4n) is 2.98. The number of nitrogens with two attached hydrogens (primary N) is 1. The fraction of sp³-hybridized carbons (Fsp3) is 0.261. The molecule has 0 fully saturated rings. The Hall–Kier alpha value is -3.59. The third kappa shape index (κ3) is 5.36. The third-order valence-corrected chi connectivity index (χ3v) is 5.14. The molecule has 1 amide bonds. The summed E-state index contributed by atoms with van der Waals surface area (Å²) >= 11 is 5.31. The maximum atomic E-state index is 12.3. The highest BCUT2D eigenvalue weighted by Crippen LogP contribution is 2.29. The van der Waals surface area contributed by atoms with E-state index in [9.17, 15) is 9.59 Å². The number of ether oxygens (including phenoxy) is 2. The lowest BCUT2D eigenvalue weighted by molar-refractivity contribution is -0.118. The summed E-state index contributed by atoms with van der Waals surface area (Å²) < 4.78 is 13.1. The van der Waals surface area contributed by atoms with Gasteiger partial charge in [-0.25, -0.2) is 0 Å². The van der Waals surface area contributed by atoms with Gasteiger partial charge in [-0.2, -0.15) is 0 Å². The summed E-state index contributed by atoms with van der Waals surface area (Å²) in [5, 5.41) is 2.58. The zero-order chi connectivity index (χ0) is 23.3. The minimum atomic E-state index is -0.542. The van der Waals surface area contributed by atoms with Crippen LogP contribution in [0.5, 0.6) is 11.5 Å². The quantitative estimate of drug-likeness (QED) is 0.448. The van der Waals surface area contributed by atoms with Crippen LogP contribution in [0.25, 0.3) is 0 Å². The number of H-pyrrole nitrogens is 1. The van der Waals surface area contributed by atoms with Gasteiger partial charge in [0.25, 0.3) is 5.56 Å². The maximum absolute atomic E-state index is 12.3. The van der Waals surface area contributed by atoms with Crippen LogP contribution in [0.1, 0.15) is 25.0 Å². The Morgan fingerprint density at radius 1 is 1.16 bits per heavy atom. The zero-order valence-electron chi connectivity index (χ0n) is 18.2. The van der Waals surface area contributed by atoms with Gasteiger partial charge in [0.1, 0.15) is 18.1 Å². The molecule has 1 aromatic heterocycles. The average Bonchev–Trinajstić information content (AvgIpc) is 2.78. The molecule has 0 saturated carbocycles. The molecule has 9 heteroatoms. The molecule has 0 spiro atoms. The van der Waals surface area contributed by atoms with E-state index in [4.69, 9.17) is 27.4 Å². The first kappa shape index (κ1) is 23.1. The predicted octanol–water partition coefficient (Wildman–Crippen LogP) is 3.72. The van der Waals surface area contributed by atoms with Crippen LogP contribution in [-0.4, -0.2) is 22.6 Å². The molecule has 0 saturated heterocycles. The molecule has 3 aromatic rings. The summed E-state index contributed by atoms with van der Waals surface area (Å²) in [5.41, 5.74) is 7.50. The first-order valence-corrected chi connectivity index (χ1v) is 10.5. The highest BCUT2D eigenvalue weighted by molar-refractivity contribution is 7.71. The lowest BCUT2D eigenvalue weighted by atomic mass is 10.2.